The van der Waals surface area contributed by atoms with Gasteiger partial charge in [-0.15, -0.1) is 0 Å². The summed E-state index contributed by atoms with van der Waals surface area (Å²) in [6, 6.07) is 20.2. The molecule has 3 aromatic heterocycles. The minimum absolute atomic E-state index is 0.274. The standard InChI is InChI=1S/C25H24N6O3S2/c1-34-21-12-11-17(16-19(21)29-36(2,32)33)31-24(23(28-25(31)35)18-8-3-5-13-26-18)20-9-7-15-30(20)22-10-4-6-14-27-22/h3-16,23-24,29H,1-2H3,(H,28,35)/t23-,24+/m0/s1. The minimum Gasteiger partial charge on any atom is -0.495 e. The second-order valence-electron chi connectivity index (χ2n) is 8.25. The van der Waals surface area contributed by atoms with Crippen LogP contribution in [0.3, 0.4) is 0 Å². The number of thiocarbonyl (C=S) groups is 1. The van der Waals surface area contributed by atoms with Crippen LogP contribution in [-0.4, -0.2) is 41.4 Å². The SMILES string of the molecule is COc1ccc(N2C(=S)N[C@@H](c3ccccn3)[C@H]2c2cccn2-c2ccccn2)cc1NS(C)(=O)=O. The highest BCUT2D eigenvalue weighted by atomic mass is 32.2. The molecule has 0 radical (unpaired) electrons. The van der Waals surface area contributed by atoms with Crippen molar-refractivity contribution in [3.05, 3.63) is 96.7 Å². The molecule has 1 aliphatic heterocycles. The molecule has 1 fully saturated rings. The molecule has 4 aromatic rings. The van der Waals surface area contributed by atoms with Gasteiger partial charge in [0, 0.05) is 30.0 Å². The van der Waals surface area contributed by atoms with E-state index in [0.717, 1.165) is 23.5 Å². The second-order valence-corrected chi connectivity index (χ2v) is 10.4. The van der Waals surface area contributed by atoms with Gasteiger partial charge in [-0.25, -0.2) is 13.4 Å². The first-order valence-corrected chi connectivity index (χ1v) is 13.4. The van der Waals surface area contributed by atoms with Crippen LogP contribution < -0.4 is 19.7 Å². The van der Waals surface area contributed by atoms with E-state index in [1.165, 1.54) is 7.11 Å². The van der Waals surface area contributed by atoms with Crippen LogP contribution in [-0.2, 0) is 10.0 Å². The van der Waals surface area contributed by atoms with Crippen molar-refractivity contribution < 1.29 is 13.2 Å². The quantitative estimate of drug-likeness (QED) is 0.355. The van der Waals surface area contributed by atoms with Gasteiger partial charge < -0.3 is 19.5 Å². The van der Waals surface area contributed by atoms with E-state index in [0.29, 0.717) is 22.2 Å². The Morgan fingerprint density at radius 1 is 1.03 bits per heavy atom. The van der Waals surface area contributed by atoms with Crippen molar-refractivity contribution in [3.8, 4) is 11.6 Å². The van der Waals surface area contributed by atoms with Crippen LogP contribution in [0.4, 0.5) is 11.4 Å². The van der Waals surface area contributed by atoms with Crippen molar-refractivity contribution in [1.82, 2.24) is 19.9 Å². The number of hydrogen-bond acceptors (Lipinski definition) is 6. The van der Waals surface area contributed by atoms with Crippen molar-refractivity contribution in [2.24, 2.45) is 0 Å². The zero-order valence-electron chi connectivity index (χ0n) is 19.6. The second kappa shape index (κ2) is 9.59. The molecule has 2 N–H and O–H groups in total. The summed E-state index contributed by atoms with van der Waals surface area (Å²) in [6.07, 6.45) is 6.55. The fourth-order valence-electron chi connectivity index (χ4n) is 4.40. The van der Waals surface area contributed by atoms with Crippen molar-refractivity contribution in [1.29, 1.82) is 0 Å². The van der Waals surface area contributed by atoms with Gasteiger partial charge >= 0.3 is 0 Å². The molecule has 1 aromatic carbocycles. The molecule has 0 bridgehead atoms. The fourth-order valence-corrected chi connectivity index (χ4v) is 5.30. The number of ether oxygens (including phenoxy) is 1. The lowest BCUT2D eigenvalue weighted by molar-refractivity contribution is 0.417. The molecular formula is C25H24N6O3S2. The summed E-state index contributed by atoms with van der Waals surface area (Å²) in [4.78, 5) is 11.1. The number of aromatic nitrogens is 3. The van der Waals surface area contributed by atoms with E-state index in [-0.39, 0.29) is 12.1 Å². The van der Waals surface area contributed by atoms with Crippen LogP contribution in [0.5, 0.6) is 5.75 Å². The first kappa shape index (κ1) is 23.8. The first-order valence-electron chi connectivity index (χ1n) is 11.1. The summed E-state index contributed by atoms with van der Waals surface area (Å²) in [6.45, 7) is 0. The number of methoxy groups -OCH3 is 1. The highest BCUT2D eigenvalue weighted by Crippen LogP contribution is 2.43. The van der Waals surface area contributed by atoms with E-state index >= 15 is 0 Å². The highest BCUT2D eigenvalue weighted by Gasteiger charge is 2.42. The molecule has 4 heterocycles. The number of anilines is 2. The van der Waals surface area contributed by atoms with Crippen molar-refractivity contribution >= 4 is 38.7 Å². The minimum atomic E-state index is -3.54. The summed E-state index contributed by atoms with van der Waals surface area (Å²) in [5.74, 6) is 1.17. The van der Waals surface area contributed by atoms with E-state index in [4.69, 9.17) is 17.0 Å². The molecule has 11 heteroatoms. The van der Waals surface area contributed by atoms with Gasteiger partial charge in [0.1, 0.15) is 17.6 Å². The monoisotopic (exact) mass is 520 g/mol. The number of pyridine rings is 2. The van der Waals surface area contributed by atoms with Crippen LogP contribution in [0.15, 0.2) is 85.3 Å². The molecule has 0 spiro atoms. The normalized spacial score (nSPS) is 17.6. The Labute approximate surface area is 214 Å². The van der Waals surface area contributed by atoms with Crippen LogP contribution >= 0.6 is 12.2 Å². The van der Waals surface area contributed by atoms with Crippen molar-refractivity contribution in [2.45, 2.75) is 12.1 Å². The third kappa shape index (κ3) is 4.62. The van der Waals surface area contributed by atoms with Gasteiger partial charge in [-0.05, 0) is 66.8 Å². The predicted molar refractivity (Wildman–Crippen MR) is 143 cm³/mol. The van der Waals surface area contributed by atoms with E-state index in [1.54, 1.807) is 24.5 Å². The lowest BCUT2D eigenvalue weighted by atomic mass is 10.0. The molecule has 1 aliphatic rings. The number of nitrogens with zero attached hydrogens (tertiary/aromatic N) is 4. The van der Waals surface area contributed by atoms with E-state index in [2.05, 4.69) is 20.0 Å². The van der Waals surface area contributed by atoms with Gasteiger partial charge in [0.15, 0.2) is 5.11 Å². The molecule has 1 saturated heterocycles. The Morgan fingerprint density at radius 3 is 2.47 bits per heavy atom. The van der Waals surface area contributed by atoms with Crippen LogP contribution in [0, 0.1) is 0 Å². The van der Waals surface area contributed by atoms with Gasteiger partial charge in [0.25, 0.3) is 0 Å². The van der Waals surface area contributed by atoms with Crippen molar-refractivity contribution in [3.63, 3.8) is 0 Å². The maximum Gasteiger partial charge on any atom is 0.229 e. The third-order valence-electron chi connectivity index (χ3n) is 5.83. The van der Waals surface area contributed by atoms with E-state index in [9.17, 15) is 8.42 Å². The molecule has 36 heavy (non-hydrogen) atoms. The van der Waals surface area contributed by atoms with Crippen LogP contribution in [0.25, 0.3) is 5.82 Å². The first-order chi connectivity index (χ1) is 17.4. The van der Waals surface area contributed by atoms with Crippen molar-refractivity contribution in [2.75, 3.05) is 23.0 Å². The molecule has 184 valence electrons. The third-order valence-corrected chi connectivity index (χ3v) is 6.74. The van der Waals surface area contributed by atoms with Gasteiger partial charge in [-0.3, -0.25) is 9.71 Å². The topological polar surface area (TPSA) is 101 Å². The summed E-state index contributed by atoms with van der Waals surface area (Å²) in [5, 5.41) is 3.91. The number of nitrogens with one attached hydrogen (secondary N) is 2. The smallest absolute Gasteiger partial charge is 0.229 e. The van der Waals surface area contributed by atoms with Gasteiger partial charge in [-0.1, -0.05) is 12.1 Å². The molecule has 5 rings (SSSR count). The number of benzene rings is 1. The Kier molecular flexibility index (Phi) is 6.33. The van der Waals surface area contributed by atoms with Crippen LogP contribution in [0.2, 0.25) is 0 Å². The predicted octanol–water partition coefficient (Wildman–Crippen LogP) is 3.82. The maximum atomic E-state index is 12.0. The Balaban J connectivity index is 1.67. The maximum absolute atomic E-state index is 12.0. The Morgan fingerprint density at radius 2 is 1.81 bits per heavy atom. The molecule has 2 atom stereocenters. The molecule has 0 amide bonds. The number of hydrogen-bond donors (Lipinski definition) is 2. The number of sulfonamides is 1. The Bertz CT molecular complexity index is 1490. The fraction of sp³-hybridized carbons (Fsp3) is 0.160. The van der Waals surface area contributed by atoms with Gasteiger partial charge in [0.2, 0.25) is 10.0 Å². The molecule has 9 nitrogen and oxygen atoms in total. The van der Waals surface area contributed by atoms with E-state index in [1.807, 2.05) is 70.3 Å². The Hall–Kier alpha value is -3.96. The van der Waals surface area contributed by atoms with E-state index < -0.39 is 10.0 Å². The zero-order chi connectivity index (χ0) is 25.3. The molecule has 0 aliphatic carbocycles. The molecule has 0 unspecified atom stereocenters. The van der Waals surface area contributed by atoms with Gasteiger partial charge in [0.05, 0.1) is 30.8 Å². The number of rotatable bonds is 7. The molecular weight excluding hydrogens is 496 g/mol. The summed E-state index contributed by atoms with van der Waals surface area (Å²) < 4.78 is 34.0. The summed E-state index contributed by atoms with van der Waals surface area (Å²) >= 11 is 5.82. The largest absolute Gasteiger partial charge is 0.495 e. The summed E-state index contributed by atoms with van der Waals surface area (Å²) in [7, 11) is -2.05. The van der Waals surface area contributed by atoms with Gasteiger partial charge in [-0.2, -0.15) is 0 Å². The average molecular weight is 521 g/mol. The van der Waals surface area contributed by atoms with Crippen LogP contribution in [0.1, 0.15) is 23.5 Å². The average Bonchev–Trinajstić information content (AvgIpc) is 3.48. The summed E-state index contributed by atoms with van der Waals surface area (Å²) in [5.41, 5.74) is 2.77. The lowest BCUT2D eigenvalue weighted by Crippen LogP contribution is -2.30. The highest BCUT2D eigenvalue weighted by molar-refractivity contribution is 7.92. The molecule has 0 saturated carbocycles. The lowest BCUT2D eigenvalue weighted by Gasteiger charge is -2.29. The zero-order valence-corrected chi connectivity index (χ0v) is 21.2.